The van der Waals surface area contributed by atoms with E-state index in [1.165, 1.54) is 24.4 Å². The molecule has 0 radical (unpaired) electrons. The molecule has 0 aliphatic carbocycles. The second-order valence-electron chi connectivity index (χ2n) is 5.69. The molecule has 0 atom stereocenters. The van der Waals surface area contributed by atoms with Crippen LogP contribution in [0.2, 0.25) is 0 Å². The fourth-order valence-electron chi connectivity index (χ4n) is 2.87. The van der Waals surface area contributed by atoms with Gasteiger partial charge < -0.3 is 9.30 Å². The smallest absolute Gasteiger partial charge is 0.338 e. The lowest BCUT2D eigenvalue weighted by atomic mass is 10.1. The first-order valence-corrected chi connectivity index (χ1v) is 7.79. The summed E-state index contributed by atoms with van der Waals surface area (Å²) in [5, 5.41) is 11.8. The van der Waals surface area contributed by atoms with E-state index in [9.17, 15) is 4.79 Å². The lowest BCUT2D eigenvalue weighted by Gasteiger charge is -2.15. The Hall–Kier alpha value is -3.22. The molecule has 0 aliphatic rings. The molecule has 1 aromatic carbocycles. The number of methoxy groups -OCH3 is 1. The van der Waals surface area contributed by atoms with Crippen molar-refractivity contribution in [2.45, 2.75) is 20.8 Å². The van der Waals surface area contributed by atoms with Gasteiger partial charge in [-0.2, -0.15) is 5.10 Å². The number of hydrogen-bond donors (Lipinski definition) is 0. The van der Waals surface area contributed by atoms with Crippen molar-refractivity contribution in [1.29, 1.82) is 0 Å². The fourth-order valence-corrected chi connectivity index (χ4v) is 2.87. The average molecular weight is 337 g/mol. The molecule has 0 unspecified atom stereocenters. The molecule has 0 spiro atoms. The van der Waals surface area contributed by atoms with Gasteiger partial charge in [0.05, 0.1) is 18.9 Å². The van der Waals surface area contributed by atoms with E-state index in [4.69, 9.17) is 4.74 Å². The monoisotopic (exact) mass is 337 g/mol. The number of carbonyl (C=O) groups is 1. The Kier molecular flexibility index (Phi) is 4.47. The average Bonchev–Trinajstić information content (AvgIpc) is 3.21. The first-order chi connectivity index (χ1) is 12.0. The zero-order valence-electron chi connectivity index (χ0n) is 14.6. The number of esters is 1. The van der Waals surface area contributed by atoms with Gasteiger partial charge in [-0.15, -0.1) is 10.2 Å². The Balaban J connectivity index is 2.06. The van der Waals surface area contributed by atoms with Gasteiger partial charge in [-0.05, 0) is 44.5 Å². The maximum atomic E-state index is 12.0. The molecule has 0 bridgehead atoms. The molecule has 2 aromatic heterocycles. The summed E-state index contributed by atoms with van der Waals surface area (Å²) in [6, 6.07) is 7.67. The Morgan fingerprint density at radius 2 is 1.92 bits per heavy atom. The van der Waals surface area contributed by atoms with Crippen LogP contribution in [-0.2, 0) is 4.74 Å². The molecule has 3 aromatic rings. The summed E-state index contributed by atoms with van der Waals surface area (Å²) in [6.07, 6.45) is 4.82. The van der Waals surface area contributed by atoms with Crippen molar-refractivity contribution < 1.29 is 9.53 Å². The summed E-state index contributed by atoms with van der Waals surface area (Å²) in [6.45, 7) is 5.96. The number of hydrogen-bond acceptors (Lipinski definition) is 5. The van der Waals surface area contributed by atoms with E-state index in [1.807, 2.05) is 39.0 Å². The minimum Gasteiger partial charge on any atom is -0.465 e. The van der Waals surface area contributed by atoms with Crippen molar-refractivity contribution in [3.05, 3.63) is 65.0 Å². The van der Waals surface area contributed by atoms with E-state index in [0.717, 1.165) is 28.2 Å². The van der Waals surface area contributed by atoms with Crippen LogP contribution in [0.3, 0.4) is 0 Å². The second-order valence-corrected chi connectivity index (χ2v) is 5.69. The molecule has 0 fully saturated rings. The molecular weight excluding hydrogens is 318 g/mol. The highest BCUT2D eigenvalue weighted by Crippen LogP contribution is 2.25. The summed E-state index contributed by atoms with van der Waals surface area (Å²) >= 11 is 0. The third-order valence-electron chi connectivity index (χ3n) is 4.16. The molecule has 0 saturated carbocycles. The number of aromatic nitrogens is 4. The standard InChI is InChI=1S/C18H19N5O2/c1-12-8-15(9-21-22-10-19-20-11-22)14(3)23(12)17-7-5-6-16(13(17)2)18(24)25-4/h5-11H,1-4H3/b21-9-. The third kappa shape index (κ3) is 3.08. The van der Waals surface area contributed by atoms with E-state index in [2.05, 4.69) is 19.9 Å². The predicted octanol–water partition coefficient (Wildman–Crippen LogP) is 2.66. The highest BCUT2D eigenvalue weighted by molar-refractivity contribution is 5.92. The lowest BCUT2D eigenvalue weighted by Crippen LogP contribution is -2.08. The molecule has 2 heterocycles. The van der Waals surface area contributed by atoms with Crippen LogP contribution in [0.25, 0.3) is 5.69 Å². The quantitative estimate of drug-likeness (QED) is 0.542. The first-order valence-electron chi connectivity index (χ1n) is 7.79. The van der Waals surface area contributed by atoms with Gasteiger partial charge in [0.15, 0.2) is 0 Å². The summed E-state index contributed by atoms with van der Waals surface area (Å²) in [5.41, 5.74) is 5.44. The van der Waals surface area contributed by atoms with Crippen molar-refractivity contribution in [2.75, 3.05) is 7.11 Å². The summed E-state index contributed by atoms with van der Waals surface area (Å²) in [4.78, 5) is 12.0. The molecular formula is C18H19N5O2. The van der Waals surface area contributed by atoms with Crippen LogP contribution in [0.15, 0.2) is 42.0 Å². The third-order valence-corrected chi connectivity index (χ3v) is 4.16. The normalized spacial score (nSPS) is 11.2. The van der Waals surface area contributed by atoms with Gasteiger partial charge in [0, 0.05) is 22.6 Å². The van der Waals surface area contributed by atoms with Gasteiger partial charge in [0.2, 0.25) is 0 Å². The lowest BCUT2D eigenvalue weighted by molar-refractivity contribution is 0.0600. The summed E-state index contributed by atoms with van der Waals surface area (Å²) in [7, 11) is 1.39. The number of nitrogens with zero attached hydrogens (tertiary/aromatic N) is 5. The SMILES string of the molecule is COC(=O)c1cccc(-n2c(C)cc(/C=N\n3cnnc3)c2C)c1C. The number of ether oxygens (including phenoxy) is 1. The van der Waals surface area contributed by atoms with Gasteiger partial charge in [-0.3, -0.25) is 0 Å². The fraction of sp³-hybridized carbons (Fsp3) is 0.222. The summed E-state index contributed by atoms with van der Waals surface area (Å²) < 4.78 is 8.51. The molecule has 0 aliphatic heterocycles. The van der Waals surface area contributed by atoms with E-state index < -0.39 is 0 Å². The van der Waals surface area contributed by atoms with Crippen LogP contribution in [0.5, 0.6) is 0 Å². The molecule has 7 heteroatoms. The highest BCUT2D eigenvalue weighted by atomic mass is 16.5. The van der Waals surface area contributed by atoms with Gasteiger partial charge in [0.25, 0.3) is 0 Å². The topological polar surface area (TPSA) is 74.3 Å². The Morgan fingerprint density at radius 3 is 2.60 bits per heavy atom. The molecule has 0 saturated heterocycles. The van der Waals surface area contributed by atoms with Gasteiger partial charge >= 0.3 is 5.97 Å². The number of rotatable bonds is 4. The van der Waals surface area contributed by atoms with Crippen molar-refractivity contribution in [2.24, 2.45) is 5.10 Å². The predicted molar refractivity (Wildman–Crippen MR) is 94.3 cm³/mol. The van der Waals surface area contributed by atoms with Crippen LogP contribution < -0.4 is 0 Å². The van der Waals surface area contributed by atoms with Crippen molar-refractivity contribution in [1.82, 2.24) is 19.4 Å². The molecule has 7 nitrogen and oxygen atoms in total. The Bertz CT molecular complexity index is 939. The van der Waals surface area contributed by atoms with Crippen molar-refractivity contribution >= 4 is 12.2 Å². The molecule has 0 N–H and O–H groups in total. The van der Waals surface area contributed by atoms with Crippen LogP contribution in [0, 0.1) is 20.8 Å². The van der Waals surface area contributed by atoms with Crippen LogP contribution in [-0.4, -0.2) is 38.7 Å². The number of carbonyl (C=O) groups excluding carboxylic acids is 1. The molecule has 0 amide bonds. The summed E-state index contributed by atoms with van der Waals surface area (Å²) in [5.74, 6) is -0.337. The first kappa shape index (κ1) is 16.6. The van der Waals surface area contributed by atoms with E-state index in [1.54, 1.807) is 12.3 Å². The zero-order chi connectivity index (χ0) is 18.0. The maximum absolute atomic E-state index is 12.0. The van der Waals surface area contributed by atoms with Gasteiger partial charge in [-0.1, -0.05) is 6.07 Å². The molecule has 25 heavy (non-hydrogen) atoms. The van der Waals surface area contributed by atoms with Crippen LogP contribution in [0.1, 0.15) is 32.9 Å². The Labute approximate surface area is 145 Å². The van der Waals surface area contributed by atoms with E-state index in [-0.39, 0.29) is 5.97 Å². The minimum atomic E-state index is -0.337. The second kappa shape index (κ2) is 6.72. The van der Waals surface area contributed by atoms with Crippen molar-refractivity contribution in [3.63, 3.8) is 0 Å². The molecule has 128 valence electrons. The molecule has 3 rings (SSSR count). The van der Waals surface area contributed by atoms with Gasteiger partial charge in [0.1, 0.15) is 12.7 Å². The van der Waals surface area contributed by atoms with E-state index in [0.29, 0.717) is 5.56 Å². The highest BCUT2D eigenvalue weighted by Gasteiger charge is 2.16. The van der Waals surface area contributed by atoms with E-state index >= 15 is 0 Å². The van der Waals surface area contributed by atoms with Crippen LogP contribution >= 0.6 is 0 Å². The zero-order valence-corrected chi connectivity index (χ0v) is 14.6. The number of aryl methyl sites for hydroxylation is 1. The van der Waals surface area contributed by atoms with Crippen LogP contribution in [0.4, 0.5) is 0 Å². The van der Waals surface area contributed by atoms with Gasteiger partial charge in [-0.25, -0.2) is 9.47 Å². The minimum absolute atomic E-state index is 0.337. The van der Waals surface area contributed by atoms with Crippen molar-refractivity contribution in [3.8, 4) is 5.69 Å². The number of benzene rings is 1. The largest absolute Gasteiger partial charge is 0.465 e. The maximum Gasteiger partial charge on any atom is 0.338 e. The Morgan fingerprint density at radius 1 is 1.20 bits per heavy atom.